The first-order chi connectivity index (χ1) is 12.4. The Bertz CT molecular complexity index is 732. The van der Waals surface area contributed by atoms with E-state index < -0.39 is 29.4 Å². The van der Waals surface area contributed by atoms with Crippen LogP contribution >= 0.6 is 0 Å². The largest absolute Gasteiger partial charge is 0.497 e. The molecule has 7 heteroatoms. The van der Waals surface area contributed by atoms with Gasteiger partial charge in [-0.2, -0.15) is 0 Å². The highest BCUT2D eigenvalue weighted by Crippen LogP contribution is 2.50. The van der Waals surface area contributed by atoms with Crippen LogP contribution in [0.1, 0.15) is 31.9 Å². The van der Waals surface area contributed by atoms with Crippen LogP contribution in [0.2, 0.25) is 0 Å². The number of nitrogens with zero attached hydrogens (tertiary/aromatic N) is 1. The number of esters is 1. The minimum Gasteiger partial charge on any atom is -0.497 e. The zero-order valence-electron chi connectivity index (χ0n) is 15.4. The van der Waals surface area contributed by atoms with Crippen molar-refractivity contribution in [3.63, 3.8) is 0 Å². The topological polar surface area (TPSA) is 84.9 Å². The SMILES string of the molecule is CCOC(=O)[C@@]1(CC)N[C@@H](c2ccc(OC)cc2)[C@H]2C(=O)N(C)C(=O)[C@H]21. The second-order valence-electron chi connectivity index (χ2n) is 6.68. The number of carbonyl (C=O) groups is 3. The molecule has 26 heavy (non-hydrogen) atoms. The highest BCUT2D eigenvalue weighted by molar-refractivity contribution is 6.09. The van der Waals surface area contributed by atoms with Crippen LogP contribution in [0.4, 0.5) is 0 Å². The average molecular weight is 360 g/mol. The molecule has 0 saturated carbocycles. The van der Waals surface area contributed by atoms with E-state index in [1.54, 1.807) is 26.2 Å². The lowest BCUT2D eigenvalue weighted by Crippen LogP contribution is -2.55. The second-order valence-corrected chi connectivity index (χ2v) is 6.68. The van der Waals surface area contributed by atoms with Gasteiger partial charge in [-0.1, -0.05) is 19.1 Å². The van der Waals surface area contributed by atoms with E-state index in [0.29, 0.717) is 12.2 Å². The number of methoxy groups -OCH3 is 1. The Labute approximate surface area is 152 Å². The van der Waals surface area contributed by atoms with E-state index in [0.717, 1.165) is 10.5 Å². The minimum absolute atomic E-state index is 0.213. The molecule has 1 aromatic carbocycles. The van der Waals surface area contributed by atoms with Gasteiger partial charge in [0.1, 0.15) is 11.3 Å². The zero-order chi connectivity index (χ0) is 19.1. The van der Waals surface area contributed by atoms with E-state index in [1.807, 2.05) is 19.1 Å². The Morgan fingerprint density at radius 1 is 1.19 bits per heavy atom. The summed E-state index contributed by atoms with van der Waals surface area (Å²) >= 11 is 0. The molecule has 3 rings (SSSR count). The smallest absolute Gasteiger partial charge is 0.327 e. The van der Waals surface area contributed by atoms with Gasteiger partial charge in [-0.05, 0) is 31.0 Å². The number of ether oxygens (including phenoxy) is 2. The first-order valence-corrected chi connectivity index (χ1v) is 8.81. The van der Waals surface area contributed by atoms with Gasteiger partial charge < -0.3 is 9.47 Å². The highest BCUT2D eigenvalue weighted by Gasteiger charge is 2.67. The van der Waals surface area contributed by atoms with Gasteiger partial charge in [0.15, 0.2) is 0 Å². The third-order valence-corrected chi connectivity index (χ3v) is 5.55. The third kappa shape index (κ3) is 2.49. The van der Waals surface area contributed by atoms with Crippen molar-refractivity contribution in [3.8, 4) is 5.75 Å². The highest BCUT2D eigenvalue weighted by atomic mass is 16.5. The summed E-state index contributed by atoms with van der Waals surface area (Å²) < 4.78 is 10.4. The number of amides is 2. The molecule has 1 N–H and O–H groups in total. The van der Waals surface area contributed by atoms with Crippen LogP contribution in [0.25, 0.3) is 0 Å². The lowest BCUT2D eigenvalue weighted by Gasteiger charge is -2.31. The van der Waals surface area contributed by atoms with E-state index in [4.69, 9.17) is 9.47 Å². The number of likely N-dealkylation sites (tertiary alicyclic amines) is 1. The van der Waals surface area contributed by atoms with Gasteiger partial charge in [0.25, 0.3) is 0 Å². The molecule has 0 aliphatic carbocycles. The summed E-state index contributed by atoms with van der Waals surface area (Å²) in [4.78, 5) is 39.5. The fourth-order valence-corrected chi connectivity index (χ4v) is 4.16. The fourth-order valence-electron chi connectivity index (χ4n) is 4.16. The molecule has 0 unspecified atom stereocenters. The number of benzene rings is 1. The molecule has 2 saturated heterocycles. The molecule has 2 amide bonds. The molecule has 2 aliphatic rings. The van der Waals surface area contributed by atoms with Crippen molar-refractivity contribution >= 4 is 17.8 Å². The van der Waals surface area contributed by atoms with Crippen molar-refractivity contribution < 1.29 is 23.9 Å². The number of imide groups is 1. The molecule has 4 atom stereocenters. The summed E-state index contributed by atoms with van der Waals surface area (Å²) in [6.45, 7) is 3.76. The van der Waals surface area contributed by atoms with Crippen molar-refractivity contribution in [1.29, 1.82) is 0 Å². The predicted octanol–water partition coefficient (Wildman–Crippen LogP) is 1.28. The lowest BCUT2D eigenvalue weighted by atomic mass is 9.78. The molecular weight excluding hydrogens is 336 g/mol. The second kappa shape index (κ2) is 6.72. The van der Waals surface area contributed by atoms with Crippen molar-refractivity contribution in [2.24, 2.45) is 11.8 Å². The van der Waals surface area contributed by atoms with Crippen molar-refractivity contribution in [3.05, 3.63) is 29.8 Å². The molecule has 0 bridgehead atoms. The molecule has 2 heterocycles. The summed E-state index contributed by atoms with van der Waals surface area (Å²) in [6.07, 6.45) is 0.354. The van der Waals surface area contributed by atoms with E-state index in [9.17, 15) is 14.4 Å². The first-order valence-electron chi connectivity index (χ1n) is 8.81. The Balaban J connectivity index is 2.07. The van der Waals surface area contributed by atoms with Crippen LogP contribution in [0.3, 0.4) is 0 Å². The Morgan fingerprint density at radius 3 is 2.38 bits per heavy atom. The Kier molecular flexibility index (Phi) is 4.75. The van der Waals surface area contributed by atoms with Gasteiger partial charge in [-0.15, -0.1) is 0 Å². The van der Waals surface area contributed by atoms with Crippen LogP contribution in [0.15, 0.2) is 24.3 Å². The maximum atomic E-state index is 12.8. The van der Waals surface area contributed by atoms with Crippen molar-refractivity contribution in [2.45, 2.75) is 31.8 Å². The molecule has 0 radical (unpaired) electrons. The third-order valence-electron chi connectivity index (χ3n) is 5.55. The molecule has 140 valence electrons. The van der Waals surface area contributed by atoms with Crippen molar-refractivity contribution in [2.75, 3.05) is 20.8 Å². The van der Waals surface area contributed by atoms with Crippen LogP contribution in [-0.2, 0) is 19.1 Å². The van der Waals surface area contributed by atoms with Crippen LogP contribution in [0.5, 0.6) is 5.75 Å². The normalized spacial score (nSPS) is 30.5. The number of hydrogen-bond donors (Lipinski definition) is 1. The van der Waals surface area contributed by atoms with Gasteiger partial charge in [0, 0.05) is 13.1 Å². The summed E-state index contributed by atoms with van der Waals surface area (Å²) in [5.74, 6) is -1.79. The molecular formula is C19H24N2O5. The zero-order valence-corrected chi connectivity index (χ0v) is 15.4. The summed E-state index contributed by atoms with van der Waals surface area (Å²) in [7, 11) is 3.05. The summed E-state index contributed by atoms with van der Waals surface area (Å²) in [5, 5.41) is 3.29. The monoisotopic (exact) mass is 360 g/mol. The minimum atomic E-state index is -1.21. The Hall–Kier alpha value is -2.41. The first kappa shape index (κ1) is 18.4. The predicted molar refractivity (Wildman–Crippen MR) is 93.3 cm³/mol. The number of rotatable bonds is 5. The van der Waals surface area contributed by atoms with Gasteiger partial charge in [0.05, 0.1) is 25.6 Å². The summed E-state index contributed by atoms with van der Waals surface area (Å²) in [5.41, 5.74) is -0.375. The van der Waals surface area contributed by atoms with E-state index in [-0.39, 0.29) is 18.4 Å². The standard InChI is InChI=1S/C19H24N2O5/c1-5-19(18(24)26-6-2)14-13(16(22)21(3)17(14)23)15(20-19)11-7-9-12(25-4)10-8-11/h7-10,13-15,20H,5-6H2,1-4H3/t13-,14-,15-,19-/m0/s1. The summed E-state index contributed by atoms with van der Waals surface area (Å²) in [6, 6.07) is 6.85. The van der Waals surface area contributed by atoms with E-state index in [1.165, 1.54) is 7.05 Å². The average Bonchev–Trinajstić information content (AvgIpc) is 3.12. The number of fused-ring (bicyclic) bond motifs is 1. The van der Waals surface area contributed by atoms with Crippen LogP contribution in [-0.4, -0.2) is 49.0 Å². The molecule has 2 aliphatic heterocycles. The van der Waals surface area contributed by atoms with Gasteiger partial charge in [-0.25, -0.2) is 0 Å². The number of hydrogen-bond acceptors (Lipinski definition) is 6. The van der Waals surface area contributed by atoms with Crippen molar-refractivity contribution in [1.82, 2.24) is 10.2 Å². The van der Waals surface area contributed by atoms with E-state index in [2.05, 4.69) is 5.32 Å². The fraction of sp³-hybridized carbons (Fsp3) is 0.526. The van der Waals surface area contributed by atoms with Gasteiger partial charge in [0.2, 0.25) is 11.8 Å². The van der Waals surface area contributed by atoms with Gasteiger partial charge >= 0.3 is 5.97 Å². The number of carbonyl (C=O) groups excluding carboxylic acids is 3. The Morgan fingerprint density at radius 2 is 1.85 bits per heavy atom. The maximum absolute atomic E-state index is 12.8. The molecule has 0 spiro atoms. The lowest BCUT2D eigenvalue weighted by molar-refractivity contribution is -0.156. The van der Waals surface area contributed by atoms with E-state index >= 15 is 0 Å². The number of nitrogens with one attached hydrogen (secondary N) is 1. The van der Waals surface area contributed by atoms with Crippen LogP contribution < -0.4 is 10.1 Å². The molecule has 7 nitrogen and oxygen atoms in total. The quantitative estimate of drug-likeness (QED) is 0.629. The molecule has 1 aromatic rings. The van der Waals surface area contributed by atoms with Crippen LogP contribution in [0, 0.1) is 11.8 Å². The maximum Gasteiger partial charge on any atom is 0.327 e. The van der Waals surface area contributed by atoms with Gasteiger partial charge in [-0.3, -0.25) is 24.6 Å². The molecule has 2 fully saturated rings. The molecule has 0 aromatic heterocycles.